The Morgan fingerprint density at radius 3 is 2.15 bits per heavy atom. The molecule has 20 heavy (non-hydrogen) atoms. The van der Waals surface area contributed by atoms with Gasteiger partial charge in [-0.1, -0.05) is 13.8 Å². The summed E-state index contributed by atoms with van der Waals surface area (Å²) in [5, 5.41) is 2.84. The Morgan fingerprint density at radius 2 is 1.75 bits per heavy atom. The zero-order valence-electron chi connectivity index (χ0n) is 14.5. The van der Waals surface area contributed by atoms with E-state index in [4.69, 9.17) is 4.74 Å². The second kappa shape index (κ2) is 8.63. The lowest BCUT2D eigenvalue weighted by molar-refractivity contribution is -0.119. The first-order valence-electron chi connectivity index (χ1n) is 7.75. The van der Waals surface area contributed by atoms with Gasteiger partial charge in [0.05, 0.1) is 5.60 Å². The van der Waals surface area contributed by atoms with E-state index in [1.807, 2.05) is 0 Å². The summed E-state index contributed by atoms with van der Waals surface area (Å²) < 4.78 is 6.13. The van der Waals surface area contributed by atoms with E-state index in [9.17, 15) is 4.79 Å². The molecule has 0 aromatic rings. The molecule has 0 heterocycles. The van der Waals surface area contributed by atoms with Crippen molar-refractivity contribution < 1.29 is 9.53 Å². The van der Waals surface area contributed by atoms with Crippen LogP contribution in [0, 0.1) is 0 Å². The molecule has 0 aliphatic heterocycles. The van der Waals surface area contributed by atoms with E-state index >= 15 is 0 Å². The fraction of sp³-hybridized carbons (Fsp3) is 0.938. The van der Waals surface area contributed by atoms with E-state index in [0.29, 0.717) is 6.54 Å². The number of rotatable bonds is 10. The van der Waals surface area contributed by atoms with Crippen LogP contribution in [0.15, 0.2) is 0 Å². The summed E-state index contributed by atoms with van der Waals surface area (Å²) in [6.07, 6.45) is 3.94. The highest BCUT2D eigenvalue weighted by Crippen LogP contribution is 2.24. The summed E-state index contributed by atoms with van der Waals surface area (Å²) in [5.41, 5.74) is 0.0374. The maximum Gasteiger partial charge on any atom is 0.216 e. The zero-order chi connectivity index (χ0) is 15.8. The van der Waals surface area contributed by atoms with Gasteiger partial charge in [-0.15, -0.1) is 0 Å². The maximum atomic E-state index is 10.9. The third kappa shape index (κ3) is 6.71. The van der Waals surface area contributed by atoms with Crippen molar-refractivity contribution in [3.05, 3.63) is 0 Å². The van der Waals surface area contributed by atoms with Gasteiger partial charge in [-0.2, -0.15) is 0 Å². The molecule has 1 N–H and O–H groups in total. The van der Waals surface area contributed by atoms with Crippen LogP contribution >= 0.6 is 0 Å². The van der Waals surface area contributed by atoms with Gasteiger partial charge < -0.3 is 15.0 Å². The van der Waals surface area contributed by atoms with Crippen LogP contribution in [0.3, 0.4) is 0 Å². The van der Waals surface area contributed by atoms with Gasteiger partial charge in [-0.05, 0) is 53.6 Å². The predicted octanol–water partition coefficient (Wildman–Crippen LogP) is 2.82. The Hall–Kier alpha value is -0.610. The van der Waals surface area contributed by atoms with Gasteiger partial charge in [0.1, 0.15) is 0 Å². The zero-order valence-corrected chi connectivity index (χ0v) is 14.5. The molecule has 0 fully saturated rings. The standard InChI is InChI=1S/C16H34N2O2/c1-8-15(4,18(6)7)11-13-20-16(5,9-2)10-12-17-14(3)19/h8-13H2,1-7H3,(H,17,19). The van der Waals surface area contributed by atoms with E-state index in [0.717, 1.165) is 32.3 Å². The lowest BCUT2D eigenvalue weighted by Crippen LogP contribution is -2.43. The minimum atomic E-state index is -0.149. The minimum Gasteiger partial charge on any atom is -0.375 e. The highest BCUT2D eigenvalue weighted by molar-refractivity contribution is 5.72. The molecule has 0 saturated carbocycles. The molecule has 4 heteroatoms. The Labute approximate surface area is 125 Å². The molecule has 2 unspecified atom stereocenters. The summed E-state index contributed by atoms with van der Waals surface area (Å²) >= 11 is 0. The Kier molecular flexibility index (Phi) is 8.36. The first kappa shape index (κ1) is 19.4. The second-order valence-corrected chi connectivity index (χ2v) is 6.38. The van der Waals surface area contributed by atoms with Crippen molar-refractivity contribution in [2.24, 2.45) is 0 Å². The summed E-state index contributed by atoms with van der Waals surface area (Å²) in [7, 11) is 4.25. The highest BCUT2D eigenvalue weighted by atomic mass is 16.5. The Balaban J connectivity index is 4.26. The fourth-order valence-corrected chi connectivity index (χ4v) is 2.09. The van der Waals surface area contributed by atoms with Gasteiger partial charge in [-0.25, -0.2) is 0 Å². The molecule has 0 radical (unpaired) electrons. The van der Waals surface area contributed by atoms with Crippen molar-refractivity contribution >= 4 is 5.91 Å². The van der Waals surface area contributed by atoms with E-state index in [-0.39, 0.29) is 17.0 Å². The van der Waals surface area contributed by atoms with Crippen LogP contribution in [-0.4, -0.2) is 49.2 Å². The van der Waals surface area contributed by atoms with Crippen molar-refractivity contribution in [1.29, 1.82) is 0 Å². The second-order valence-electron chi connectivity index (χ2n) is 6.38. The quantitative estimate of drug-likeness (QED) is 0.671. The number of hydrogen-bond donors (Lipinski definition) is 1. The molecule has 1 amide bonds. The summed E-state index contributed by atoms with van der Waals surface area (Å²) in [5.74, 6) is 0.0228. The molecule has 2 atom stereocenters. The molecule has 0 aliphatic rings. The molecule has 120 valence electrons. The number of hydrogen-bond acceptors (Lipinski definition) is 3. The van der Waals surface area contributed by atoms with Crippen LogP contribution in [0.5, 0.6) is 0 Å². The van der Waals surface area contributed by atoms with Crippen LogP contribution < -0.4 is 5.32 Å². The van der Waals surface area contributed by atoms with Gasteiger partial charge >= 0.3 is 0 Å². The van der Waals surface area contributed by atoms with Gasteiger partial charge in [0.15, 0.2) is 0 Å². The maximum absolute atomic E-state index is 10.9. The summed E-state index contributed by atoms with van der Waals surface area (Å²) in [6, 6.07) is 0. The number of nitrogens with one attached hydrogen (secondary N) is 1. The minimum absolute atomic E-state index is 0.0228. The number of carbonyl (C=O) groups excluding carboxylic acids is 1. The third-order valence-corrected chi connectivity index (χ3v) is 4.71. The van der Waals surface area contributed by atoms with Crippen LogP contribution in [-0.2, 0) is 9.53 Å². The molecule has 0 spiro atoms. The molecule has 0 saturated heterocycles. The fourth-order valence-electron chi connectivity index (χ4n) is 2.09. The topological polar surface area (TPSA) is 41.6 Å². The van der Waals surface area contributed by atoms with Crippen LogP contribution in [0.2, 0.25) is 0 Å². The summed E-state index contributed by atoms with van der Waals surface area (Å²) in [6.45, 7) is 11.7. The number of carbonyl (C=O) groups is 1. The van der Waals surface area contributed by atoms with Gasteiger partial charge in [0.25, 0.3) is 0 Å². The smallest absolute Gasteiger partial charge is 0.216 e. The Bertz CT molecular complexity index is 294. The lowest BCUT2D eigenvalue weighted by Gasteiger charge is -2.37. The molecule has 0 aromatic carbocycles. The van der Waals surface area contributed by atoms with Gasteiger partial charge in [0.2, 0.25) is 5.91 Å². The largest absolute Gasteiger partial charge is 0.375 e. The highest BCUT2D eigenvalue weighted by Gasteiger charge is 2.27. The van der Waals surface area contributed by atoms with Crippen molar-refractivity contribution in [1.82, 2.24) is 10.2 Å². The normalized spacial score (nSPS) is 17.6. The van der Waals surface area contributed by atoms with Crippen molar-refractivity contribution in [2.45, 2.75) is 71.4 Å². The molecule has 0 aromatic heterocycles. The van der Waals surface area contributed by atoms with Gasteiger partial charge in [0, 0.05) is 25.6 Å². The lowest BCUT2D eigenvalue weighted by atomic mass is 9.93. The molecular weight excluding hydrogens is 252 g/mol. The molecule has 4 nitrogen and oxygen atoms in total. The van der Waals surface area contributed by atoms with E-state index in [1.165, 1.54) is 0 Å². The number of nitrogens with zero attached hydrogens (tertiary/aromatic N) is 1. The van der Waals surface area contributed by atoms with E-state index < -0.39 is 0 Å². The third-order valence-electron chi connectivity index (χ3n) is 4.71. The average molecular weight is 286 g/mol. The molecule has 0 rings (SSSR count). The van der Waals surface area contributed by atoms with Crippen molar-refractivity contribution in [2.75, 3.05) is 27.2 Å². The molecule has 0 bridgehead atoms. The first-order valence-corrected chi connectivity index (χ1v) is 7.75. The number of amides is 1. The average Bonchev–Trinajstić information content (AvgIpc) is 2.37. The van der Waals surface area contributed by atoms with Crippen LogP contribution in [0.4, 0.5) is 0 Å². The first-order chi connectivity index (χ1) is 9.19. The van der Waals surface area contributed by atoms with Gasteiger partial charge in [-0.3, -0.25) is 4.79 Å². The summed E-state index contributed by atoms with van der Waals surface area (Å²) in [4.78, 5) is 13.2. The number of ether oxygens (including phenoxy) is 1. The molecule has 0 aliphatic carbocycles. The van der Waals surface area contributed by atoms with Crippen molar-refractivity contribution in [3.63, 3.8) is 0 Å². The predicted molar refractivity (Wildman–Crippen MR) is 84.9 cm³/mol. The monoisotopic (exact) mass is 286 g/mol. The van der Waals surface area contributed by atoms with E-state index in [1.54, 1.807) is 6.92 Å². The Morgan fingerprint density at radius 1 is 1.15 bits per heavy atom. The van der Waals surface area contributed by atoms with Crippen LogP contribution in [0.25, 0.3) is 0 Å². The van der Waals surface area contributed by atoms with E-state index in [2.05, 4.69) is 52.0 Å². The molecular formula is C16H34N2O2. The SMILES string of the molecule is CCC(C)(CCNC(C)=O)OCCC(C)(CC)N(C)C. The van der Waals surface area contributed by atoms with Crippen LogP contribution in [0.1, 0.15) is 60.3 Å². The van der Waals surface area contributed by atoms with Crippen molar-refractivity contribution in [3.8, 4) is 0 Å².